The molecule has 2 fully saturated rings. The largest absolute Gasteiger partial charge is 0.416 e. The Kier molecular flexibility index (Phi) is 5.07. The molecule has 26 heavy (non-hydrogen) atoms. The number of sulfone groups is 1. The van der Waals surface area contributed by atoms with Gasteiger partial charge in [-0.25, -0.2) is 8.42 Å². The molecule has 1 N–H and O–H groups in total. The quantitative estimate of drug-likeness (QED) is 0.861. The molecule has 1 heterocycles. The number of hydrogen-bond donors (Lipinski definition) is 1. The zero-order valence-corrected chi connectivity index (χ0v) is 15.1. The Labute approximate surface area is 151 Å². The molecular weight excluding hydrogens is 367 g/mol. The van der Waals surface area contributed by atoms with Gasteiger partial charge in [0.25, 0.3) is 0 Å². The number of rotatable bonds is 4. The zero-order chi connectivity index (χ0) is 19.0. The van der Waals surface area contributed by atoms with Gasteiger partial charge in [0.2, 0.25) is 5.91 Å². The van der Waals surface area contributed by atoms with Crippen molar-refractivity contribution in [3.63, 3.8) is 0 Å². The van der Waals surface area contributed by atoms with E-state index < -0.39 is 27.0 Å². The molecule has 4 nitrogen and oxygen atoms in total. The molecule has 2 aliphatic rings. The molecule has 8 heteroatoms. The van der Waals surface area contributed by atoms with Crippen LogP contribution in [0.3, 0.4) is 0 Å². The standard InChI is InChI=1S/C18H22F3NO3S/c19-18(20,21)15-5-3-4-14(10-15)17(7-1-2-8-17)16(23)22-11-13-6-9-26(24,25)12-13/h3-5,10,13H,1-2,6-9,11-12H2,(H,22,23). The molecule has 1 aliphatic carbocycles. The van der Waals surface area contributed by atoms with Gasteiger partial charge in [0.1, 0.15) is 0 Å². The topological polar surface area (TPSA) is 63.2 Å². The van der Waals surface area contributed by atoms with E-state index in [9.17, 15) is 26.4 Å². The Bertz CT molecular complexity index is 783. The summed E-state index contributed by atoms with van der Waals surface area (Å²) in [5.74, 6) is -0.224. The molecule has 1 aromatic rings. The number of halogens is 3. The Morgan fingerprint density at radius 1 is 1.23 bits per heavy atom. The zero-order valence-electron chi connectivity index (χ0n) is 14.3. The Morgan fingerprint density at radius 3 is 2.50 bits per heavy atom. The normalized spacial score (nSPS) is 24.5. The molecular formula is C18H22F3NO3S. The number of alkyl halides is 3. The maximum atomic E-state index is 13.0. The number of hydrogen-bond acceptors (Lipinski definition) is 3. The van der Waals surface area contributed by atoms with Gasteiger partial charge in [-0.1, -0.05) is 31.0 Å². The molecule has 0 bridgehead atoms. The van der Waals surface area contributed by atoms with Gasteiger partial charge in [0.05, 0.1) is 22.5 Å². The van der Waals surface area contributed by atoms with Gasteiger partial charge in [-0.05, 0) is 36.8 Å². The van der Waals surface area contributed by atoms with Crippen LogP contribution in [-0.2, 0) is 26.2 Å². The van der Waals surface area contributed by atoms with E-state index in [1.807, 2.05) is 0 Å². The second kappa shape index (κ2) is 6.87. The molecule has 0 aromatic heterocycles. The van der Waals surface area contributed by atoms with Crippen LogP contribution in [-0.4, -0.2) is 32.4 Å². The first-order valence-corrected chi connectivity index (χ1v) is 10.6. The summed E-state index contributed by atoms with van der Waals surface area (Å²) in [7, 11) is -3.03. The lowest BCUT2D eigenvalue weighted by molar-refractivity contribution is -0.138. The second-order valence-electron chi connectivity index (χ2n) is 7.35. The maximum absolute atomic E-state index is 13.0. The fourth-order valence-corrected chi connectivity index (χ4v) is 5.92. The molecule has 144 valence electrons. The van der Waals surface area contributed by atoms with Crippen molar-refractivity contribution in [2.75, 3.05) is 18.1 Å². The highest BCUT2D eigenvalue weighted by molar-refractivity contribution is 7.91. The van der Waals surface area contributed by atoms with Crippen LogP contribution >= 0.6 is 0 Å². The summed E-state index contributed by atoms with van der Waals surface area (Å²) in [6.07, 6.45) is -1.38. The lowest BCUT2D eigenvalue weighted by Crippen LogP contribution is -2.44. The van der Waals surface area contributed by atoms with E-state index in [1.54, 1.807) is 6.07 Å². The van der Waals surface area contributed by atoms with Crippen molar-refractivity contribution in [3.05, 3.63) is 35.4 Å². The van der Waals surface area contributed by atoms with Crippen molar-refractivity contribution >= 4 is 15.7 Å². The molecule has 3 rings (SSSR count). The number of carbonyl (C=O) groups is 1. The number of nitrogens with one attached hydrogen (secondary N) is 1. The summed E-state index contributed by atoms with van der Waals surface area (Å²) >= 11 is 0. The van der Waals surface area contributed by atoms with Gasteiger partial charge in [-0.3, -0.25) is 4.79 Å². The smallest absolute Gasteiger partial charge is 0.355 e. The van der Waals surface area contributed by atoms with Crippen molar-refractivity contribution < 1.29 is 26.4 Å². The van der Waals surface area contributed by atoms with Gasteiger partial charge in [-0.2, -0.15) is 13.2 Å². The first-order valence-electron chi connectivity index (χ1n) is 8.79. The summed E-state index contributed by atoms with van der Waals surface area (Å²) in [6.45, 7) is 0.249. The minimum Gasteiger partial charge on any atom is -0.355 e. The minimum atomic E-state index is -4.45. The summed E-state index contributed by atoms with van der Waals surface area (Å²) in [4.78, 5) is 12.9. The first kappa shape index (κ1) is 19.2. The van der Waals surface area contributed by atoms with Gasteiger partial charge in [0, 0.05) is 6.54 Å². The van der Waals surface area contributed by atoms with Crippen molar-refractivity contribution in [1.29, 1.82) is 0 Å². The van der Waals surface area contributed by atoms with Gasteiger partial charge in [-0.15, -0.1) is 0 Å². The monoisotopic (exact) mass is 389 g/mol. The molecule has 1 amide bonds. The third kappa shape index (κ3) is 3.89. The van der Waals surface area contributed by atoms with Crippen LogP contribution in [0.1, 0.15) is 43.2 Å². The van der Waals surface area contributed by atoms with Gasteiger partial charge >= 0.3 is 6.18 Å². The Balaban J connectivity index is 1.78. The summed E-state index contributed by atoms with van der Waals surface area (Å²) in [6, 6.07) is 5.01. The maximum Gasteiger partial charge on any atom is 0.416 e. The molecule has 1 saturated carbocycles. The Morgan fingerprint density at radius 2 is 1.92 bits per heavy atom. The van der Waals surface area contributed by atoms with Crippen molar-refractivity contribution in [2.24, 2.45) is 5.92 Å². The molecule has 1 aromatic carbocycles. The third-order valence-electron chi connectivity index (χ3n) is 5.51. The van der Waals surface area contributed by atoms with E-state index in [-0.39, 0.29) is 29.9 Å². The molecule has 1 aliphatic heterocycles. The number of benzene rings is 1. The summed E-state index contributed by atoms with van der Waals surface area (Å²) < 4.78 is 62.2. The second-order valence-corrected chi connectivity index (χ2v) is 9.58. The van der Waals surface area contributed by atoms with Crippen LogP contribution < -0.4 is 5.32 Å². The van der Waals surface area contributed by atoms with E-state index in [0.717, 1.165) is 25.0 Å². The molecule has 1 unspecified atom stereocenters. The van der Waals surface area contributed by atoms with Crippen LogP contribution in [0, 0.1) is 5.92 Å². The highest BCUT2D eigenvalue weighted by Gasteiger charge is 2.44. The van der Waals surface area contributed by atoms with Crippen molar-refractivity contribution in [2.45, 2.75) is 43.7 Å². The van der Waals surface area contributed by atoms with Gasteiger partial charge < -0.3 is 5.32 Å². The van der Waals surface area contributed by atoms with Crippen molar-refractivity contribution in [3.8, 4) is 0 Å². The number of amides is 1. The predicted molar refractivity (Wildman–Crippen MR) is 91.4 cm³/mol. The molecule has 0 spiro atoms. The van der Waals surface area contributed by atoms with Crippen LogP contribution in [0.4, 0.5) is 13.2 Å². The lowest BCUT2D eigenvalue weighted by Gasteiger charge is -2.29. The van der Waals surface area contributed by atoms with E-state index in [4.69, 9.17) is 0 Å². The predicted octanol–water partition coefficient (Wildman–Crippen LogP) is 3.07. The third-order valence-corrected chi connectivity index (χ3v) is 7.35. The average Bonchev–Trinajstić information content (AvgIpc) is 3.19. The summed E-state index contributed by atoms with van der Waals surface area (Å²) in [5.41, 5.74) is -1.32. The highest BCUT2D eigenvalue weighted by atomic mass is 32.2. The SMILES string of the molecule is O=C(NCC1CCS(=O)(=O)C1)C1(c2cccc(C(F)(F)F)c2)CCCC1. The minimum absolute atomic E-state index is 0.0594. The van der Waals surface area contributed by atoms with Crippen molar-refractivity contribution in [1.82, 2.24) is 5.32 Å². The van der Waals surface area contributed by atoms with Crippen LogP contribution in [0.25, 0.3) is 0 Å². The van der Waals surface area contributed by atoms with E-state index in [1.165, 1.54) is 6.07 Å². The van der Waals surface area contributed by atoms with Gasteiger partial charge in [0.15, 0.2) is 9.84 Å². The van der Waals surface area contributed by atoms with Crippen LogP contribution in [0.15, 0.2) is 24.3 Å². The van der Waals surface area contributed by atoms with Crippen LogP contribution in [0.2, 0.25) is 0 Å². The molecule has 1 atom stereocenters. The highest BCUT2D eigenvalue weighted by Crippen LogP contribution is 2.43. The van der Waals surface area contributed by atoms with E-state index in [0.29, 0.717) is 24.8 Å². The van der Waals surface area contributed by atoms with E-state index >= 15 is 0 Å². The molecule has 0 radical (unpaired) electrons. The fourth-order valence-electron chi connectivity index (χ4n) is 4.06. The lowest BCUT2D eigenvalue weighted by atomic mass is 9.77. The van der Waals surface area contributed by atoms with E-state index in [2.05, 4.69) is 5.32 Å². The fraction of sp³-hybridized carbons (Fsp3) is 0.611. The first-order chi connectivity index (χ1) is 12.1. The summed E-state index contributed by atoms with van der Waals surface area (Å²) in [5, 5.41) is 2.82. The molecule has 1 saturated heterocycles. The van der Waals surface area contributed by atoms with Crippen LogP contribution in [0.5, 0.6) is 0 Å². The number of carbonyl (C=O) groups excluding carboxylic acids is 1. The Hall–Kier alpha value is -1.57. The average molecular weight is 389 g/mol.